The van der Waals surface area contributed by atoms with Gasteiger partial charge in [-0.3, -0.25) is 0 Å². The zero-order chi connectivity index (χ0) is 21.5. The van der Waals surface area contributed by atoms with E-state index in [1.165, 1.54) is 37.7 Å². The molecule has 1 aromatic carbocycles. The molecule has 30 heavy (non-hydrogen) atoms. The number of aromatic hydroxyl groups is 1. The van der Waals surface area contributed by atoms with Gasteiger partial charge >= 0.3 is 0 Å². The number of benzene rings is 1. The quantitative estimate of drug-likeness (QED) is 0.730. The molecule has 0 saturated heterocycles. The first-order valence-electron chi connectivity index (χ1n) is 11.2. The summed E-state index contributed by atoms with van der Waals surface area (Å²) in [5, 5.41) is 22.1. The number of fused-ring (bicyclic) bond motifs is 1. The van der Waals surface area contributed by atoms with Crippen molar-refractivity contribution in [3.05, 3.63) is 34.9 Å². The summed E-state index contributed by atoms with van der Waals surface area (Å²) in [7, 11) is 3.62. The van der Waals surface area contributed by atoms with Gasteiger partial charge in [-0.1, -0.05) is 19.9 Å². The van der Waals surface area contributed by atoms with Crippen LogP contribution in [0.25, 0.3) is 11.3 Å². The molecule has 0 unspecified atom stereocenters. The summed E-state index contributed by atoms with van der Waals surface area (Å²) in [5.41, 5.74) is 4.93. The average Bonchev–Trinajstić information content (AvgIpc) is 3.60. The lowest BCUT2D eigenvalue weighted by Gasteiger charge is -2.22. The lowest BCUT2D eigenvalue weighted by Crippen LogP contribution is -2.18. The third-order valence-corrected chi connectivity index (χ3v) is 5.88. The van der Waals surface area contributed by atoms with E-state index in [0.717, 1.165) is 34.6 Å². The Morgan fingerprint density at radius 1 is 1.10 bits per heavy atom. The molecule has 0 bridgehead atoms. The van der Waals surface area contributed by atoms with Crippen molar-refractivity contribution < 1.29 is 14.6 Å². The Morgan fingerprint density at radius 2 is 1.87 bits per heavy atom. The molecule has 164 valence electrons. The Hall–Kier alpha value is -2.18. The largest absolute Gasteiger partial charge is 0.507 e. The van der Waals surface area contributed by atoms with Crippen molar-refractivity contribution in [3.8, 4) is 17.0 Å². The maximum atomic E-state index is 10.4. The summed E-state index contributed by atoms with van der Waals surface area (Å²) < 4.78 is 10.5. The van der Waals surface area contributed by atoms with E-state index in [1.807, 2.05) is 33.0 Å². The van der Waals surface area contributed by atoms with E-state index in [4.69, 9.17) is 9.47 Å². The monoisotopic (exact) mass is 413 g/mol. The second kappa shape index (κ2) is 10.7. The molecule has 2 aromatic rings. The topological polar surface area (TPSA) is 76.5 Å². The first kappa shape index (κ1) is 22.5. The molecule has 0 radical (unpaired) electrons. The molecule has 2 saturated carbocycles. The molecule has 0 amide bonds. The van der Waals surface area contributed by atoms with Crippen molar-refractivity contribution in [2.45, 2.75) is 71.0 Å². The van der Waals surface area contributed by atoms with E-state index in [2.05, 4.69) is 21.6 Å². The zero-order valence-corrected chi connectivity index (χ0v) is 18.7. The minimum atomic E-state index is 0.296. The van der Waals surface area contributed by atoms with Crippen LogP contribution in [0, 0.1) is 0 Å². The number of aromatic nitrogens is 2. The highest BCUT2D eigenvalue weighted by molar-refractivity contribution is 5.73. The fourth-order valence-electron chi connectivity index (χ4n) is 3.72. The fourth-order valence-corrected chi connectivity index (χ4v) is 3.72. The van der Waals surface area contributed by atoms with E-state index < -0.39 is 0 Å². The summed E-state index contributed by atoms with van der Waals surface area (Å²) in [4.78, 5) is 0. The smallest absolute Gasteiger partial charge is 0.154 e. The van der Waals surface area contributed by atoms with Crippen molar-refractivity contribution in [2.24, 2.45) is 0 Å². The van der Waals surface area contributed by atoms with Gasteiger partial charge in [0, 0.05) is 25.3 Å². The van der Waals surface area contributed by atoms with Crippen LogP contribution in [0.3, 0.4) is 0 Å². The minimum Gasteiger partial charge on any atom is -0.507 e. The predicted molar refractivity (Wildman–Crippen MR) is 120 cm³/mol. The van der Waals surface area contributed by atoms with E-state index in [9.17, 15) is 5.11 Å². The standard InChI is InChI=1S/C17H19N3O2.C5H10O.C2H6/c1-18-17-14-9-22-7-6-12(14)16(19-20-17)13-5-4-11(8-15(13)21)10-2-3-10;1-6-5-3-2-4-5;1-2/h4-5,8,10,21H,2-3,6-7,9H2,1H3,(H,18,20);5H,2-4H2,1H3;1-2H3. The van der Waals surface area contributed by atoms with Crippen molar-refractivity contribution >= 4 is 5.82 Å². The molecule has 3 aliphatic rings. The third kappa shape index (κ3) is 5.10. The lowest BCUT2D eigenvalue weighted by molar-refractivity contribution is 0.0412. The van der Waals surface area contributed by atoms with Gasteiger partial charge in [-0.05, 0) is 67.7 Å². The van der Waals surface area contributed by atoms with Crippen molar-refractivity contribution in [3.63, 3.8) is 0 Å². The number of nitrogens with one attached hydrogen (secondary N) is 1. The maximum Gasteiger partial charge on any atom is 0.154 e. The van der Waals surface area contributed by atoms with Gasteiger partial charge in [-0.15, -0.1) is 10.2 Å². The number of nitrogens with zero attached hydrogens (tertiary/aromatic N) is 2. The Balaban J connectivity index is 0.000000273. The highest BCUT2D eigenvalue weighted by atomic mass is 16.5. The third-order valence-electron chi connectivity index (χ3n) is 5.88. The molecular formula is C24H35N3O3. The maximum absolute atomic E-state index is 10.4. The van der Waals surface area contributed by atoms with Gasteiger partial charge in [0.2, 0.25) is 0 Å². The summed E-state index contributed by atoms with van der Waals surface area (Å²) in [6.07, 6.45) is 7.80. The molecule has 6 nitrogen and oxygen atoms in total. The van der Waals surface area contributed by atoms with Gasteiger partial charge < -0.3 is 19.9 Å². The number of phenolic OH excluding ortho intramolecular Hbond substituents is 1. The first-order chi connectivity index (χ1) is 14.7. The van der Waals surface area contributed by atoms with Gasteiger partial charge in [-0.25, -0.2) is 0 Å². The van der Waals surface area contributed by atoms with Crippen LogP contribution in [-0.2, 0) is 22.5 Å². The number of phenols is 1. The van der Waals surface area contributed by atoms with E-state index in [1.54, 1.807) is 7.11 Å². The van der Waals surface area contributed by atoms with Crippen LogP contribution in [0.15, 0.2) is 18.2 Å². The van der Waals surface area contributed by atoms with Crippen LogP contribution < -0.4 is 5.32 Å². The van der Waals surface area contributed by atoms with Gasteiger partial charge in [0.1, 0.15) is 11.4 Å². The molecule has 6 heteroatoms. The van der Waals surface area contributed by atoms with Gasteiger partial charge in [0.25, 0.3) is 0 Å². The number of ether oxygens (including phenoxy) is 2. The van der Waals surface area contributed by atoms with Gasteiger partial charge in [0.15, 0.2) is 5.82 Å². The van der Waals surface area contributed by atoms with Crippen LogP contribution in [0.2, 0.25) is 0 Å². The molecule has 2 heterocycles. The summed E-state index contributed by atoms with van der Waals surface area (Å²) in [6.45, 7) is 5.21. The number of hydrogen-bond acceptors (Lipinski definition) is 6. The highest BCUT2D eigenvalue weighted by Gasteiger charge is 2.26. The van der Waals surface area contributed by atoms with E-state index in [0.29, 0.717) is 31.0 Å². The normalized spacial score (nSPS) is 17.5. The molecular weight excluding hydrogens is 378 g/mol. The predicted octanol–water partition coefficient (Wildman–Crippen LogP) is 5.05. The molecule has 1 aromatic heterocycles. The highest BCUT2D eigenvalue weighted by Crippen LogP contribution is 2.43. The van der Waals surface area contributed by atoms with Crippen LogP contribution in [-0.4, -0.2) is 42.2 Å². The molecule has 2 N–H and O–H groups in total. The fraction of sp³-hybridized carbons (Fsp3) is 0.583. The second-order valence-electron chi connectivity index (χ2n) is 7.75. The molecule has 5 rings (SSSR count). The van der Waals surface area contributed by atoms with Crippen LogP contribution >= 0.6 is 0 Å². The van der Waals surface area contributed by atoms with Crippen LogP contribution in [0.1, 0.15) is 68.6 Å². The number of rotatable bonds is 4. The van der Waals surface area contributed by atoms with Crippen molar-refractivity contribution in [1.29, 1.82) is 0 Å². The zero-order valence-electron chi connectivity index (χ0n) is 18.7. The van der Waals surface area contributed by atoms with Crippen LogP contribution in [0.4, 0.5) is 5.82 Å². The number of anilines is 1. The Labute approximate surface area is 180 Å². The molecule has 0 atom stereocenters. The van der Waals surface area contributed by atoms with Crippen LogP contribution in [0.5, 0.6) is 5.75 Å². The van der Waals surface area contributed by atoms with Crippen molar-refractivity contribution in [1.82, 2.24) is 10.2 Å². The molecule has 2 aliphatic carbocycles. The lowest BCUT2D eigenvalue weighted by atomic mass is 9.96. The summed E-state index contributed by atoms with van der Waals surface area (Å²) in [6, 6.07) is 5.96. The molecule has 1 aliphatic heterocycles. The Morgan fingerprint density at radius 3 is 2.40 bits per heavy atom. The SMILES string of the molecule is CC.CNc1nnc(-c2ccc(C3CC3)cc2O)c2c1COCC2.COC1CCC1. The Kier molecular flexibility index (Phi) is 8.05. The second-order valence-corrected chi connectivity index (χ2v) is 7.75. The molecule has 2 fully saturated rings. The summed E-state index contributed by atoms with van der Waals surface area (Å²) in [5.74, 6) is 1.68. The average molecular weight is 414 g/mol. The van der Waals surface area contributed by atoms with Crippen molar-refractivity contribution in [2.75, 3.05) is 26.1 Å². The summed E-state index contributed by atoms with van der Waals surface area (Å²) >= 11 is 0. The minimum absolute atomic E-state index is 0.296. The van der Waals surface area contributed by atoms with E-state index in [-0.39, 0.29) is 0 Å². The van der Waals surface area contributed by atoms with Gasteiger partial charge in [0.05, 0.1) is 19.3 Å². The molecule has 0 spiro atoms. The first-order valence-corrected chi connectivity index (χ1v) is 11.2. The number of hydrogen-bond donors (Lipinski definition) is 2. The number of methoxy groups -OCH3 is 1. The Bertz CT molecular complexity index is 830. The van der Waals surface area contributed by atoms with Gasteiger partial charge in [-0.2, -0.15) is 0 Å². The van der Waals surface area contributed by atoms with E-state index >= 15 is 0 Å².